The summed E-state index contributed by atoms with van der Waals surface area (Å²) >= 11 is 6.08. The molecule has 0 spiro atoms. The quantitative estimate of drug-likeness (QED) is 0.664. The van der Waals surface area contributed by atoms with Gasteiger partial charge in [-0.05, 0) is 42.8 Å². The van der Waals surface area contributed by atoms with Crippen LogP contribution in [0, 0.1) is 6.92 Å². The maximum Gasteiger partial charge on any atom is 0.337 e. The largest absolute Gasteiger partial charge is 0.495 e. The van der Waals surface area contributed by atoms with Crippen molar-refractivity contribution >= 4 is 44.9 Å². The Morgan fingerprint density at radius 2 is 1.83 bits per heavy atom. The van der Waals surface area contributed by atoms with E-state index in [1.807, 2.05) is 0 Å². The summed E-state index contributed by atoms with van der Waals surface area (Å²) in [6.07, 6.45) is 0.988. The summed E-state index contributed by atoms with van der Waals surface area (Å²) < 4.78 is 35.1. The SMILES string of the molecule is COC(=O)c1ccc(C)c(NC(=O)CN(c2ccc(OC)c(Cl)c2)S(C)(=O)=O)c1. The van der Waals surface area contributed by atoms with Gasteiger partial charge in [0.2, 0.25) is 15.9 Å². The van der Waals surface area contributed by atoms with Gasteiger partial charge < -0.3 is 14.8 Å². The number of amides is 1. The van der Waals surface area contributed by atoms with Gasteiger partial charge in [-0.3, -0.25) is 9.10 Å². The van der Waals surface area contributed by atoms with Gasteiger partial charge in [0, 0.05) is 5.69 Å². The summed E-state index contributed by atoms with van der Waals surface area (Å²) in [5, 5.41) is 2.84. The van der Waals surface area contributed by atoms with E-state index in [-0.39, 0.29) is 16.3 Å². The number of hydrogen-bond donors (Lipinski definition) is 1. The number of benzene rings is 2. The molecule has 10 heteroatoms. The van der Waals surface area contributed by atoms with E-state index < -0.39 is 28.4 Å². The van der Waals surface area contributed by atoms with Crippen LogP contribution in [0.5, 0.6) is 5.75 Å². The maximum atomic E-state index is 12.6. The molecule has 0 aliphatic carbocycles. The number of esters is 1. The molecule has 0 fully saturated rings. The first-order valence-electron chi connectivity index (χ1n) is 8.37. The summed E-state index contributed by atoms with van der Waals surface area (Å²) in [6.45, 7) is 1.26. The number of methoxy groups -OCH3 is 2. The Morgan fingerprint density at radius 3 is 2.38 bits per heavy atom. The lowest BCUT2D eigenvalue weighted by atomic mass is 10.1. The van der Waals surface area contributed by atoms with Gasteiger partial charge in [0.1, 0.15) is 12.3 Å². The Balaban J connectivity index is 2.28. The predicted octanol–water partition coefficient (Wildman–Crippen LogP) is 2.85. The van der Waals surface area contributed by atoms with Crippen LogP contribution in [0.3, 0.4) is 0 Å². The average Bonchev–Trinajstić information content (AvgIpc) is 2.66. The Kier molecular flexibility index (Phi) is 7.10. The molecule has 0 atom stereocenters. The number of aryl methyl sites for hydroxylation is 1. The zero-order valence-corrected chi connectivity index (χ0v) is 17.9. The monoisotopic (exact) mass is 440 g/mol. The van der Waals surface area contributed by atoms with Gasteiger partial charge in [-0.2, -0.15) is 0 Å². The number of anilines is 2. The first kappa shape index (κ1) is 22.5. The first-order valence-corrected chi connectivity index (χ1v) is 10.6. The Bertz CT molecular complexity index is 1040. The van der Waals surface area contributed by atoms with E-state index in [9.17, 15) is 18.0 Å². The number of sulfonamides is 1. The molecule has 0 saturated carbocycles. The van der Waals surface area contributed by atoms with Crippen LogP contribution in [0.1, 0.15) is 15.9 Å². The lowest BCUT2D eigenvalue weighted by molar-refractivity contribution is -0.114. The molecular weight excluding hydrogens is 420 g/mol. The van der Waals surface area contributed by atoms with Crippen molar-refractivity contribution in [2.75, 3.05) is 36.6 Å². The molecule has 0 bridgehead atoms. The standard InChI is InChI=1S/C19H21ClN2O6S/c1-12-5-6-13(19(24)28-3)9-16(12)21-18(23)11-22(29(4,25)26)14-7-8-17(27-2)15(20)10-14/h5-10H,11H2,1-4H3,(H,21,23). The lowest BCUT2D eigenvalue weighted by Crippen LogP contribution is -2.37. The molecule has 2 aromatic carbocycles. The van der Waals surface area contributed by atoms with Crippen molar-refractivity contribution in [3.63, 3.8) is 0 Å². The first-order chi connectivity index (χ1) is 13.6. The summed E-state index contributed by atoms with van der Waals surface area (Å²) in [5.74, 6) is -0.762. The highest BCUT2D eigenvalue weighted by atomic mass is 35.5. The van der Waals surface area contributed by atoms with Crippen molar-refractivity contribution in [3.05, 3.63) is 52.5 Å². The number of nitrogens with zero attached hydrogens (tertiary/aromatic N) is 1. The van der Waals surface area contributed by atoms with E-state index in [4.69, 9.17) is 16.3 Å². The molecule has 2 rings (SSSR count). The van der Waals surface area contributed by atoms with Crippen molar-refractivity contribution in [2.45, 2.75) is 6.92 Å². The second-order valence-electron chi connectivity index (χ2n) is 6.16. The summed E-state index contributed by atoms with van der Waals surface area (Å²) in [6, 6.07) is 9.09. The molecule has 0 heterocycles. The topological polar surface area (TPSA) is 102 Å². The minimum absolute atomic E-state index is 0.209. The molecule has 0 radical (unpaired) electrons. The summed E-state index contributed by atoms with van der Waals surface area (Å²) in [4.78, 5) is 24.3. The second-order valence-corrected chi connectivity index (χ2v) is 8.47. The van der Waals surface area contributed by atoms with Crippen LogP contribution in [0.25, 0.3) is 0 Å². The van der Waals surface area contributed by atoms with Crippen LogP contribution >= 0.6 is 11.6 Å². The van der Waals surface area contributed by atoms with Crippen LogP contribution in [0.4, 0.5) is 11.4 Å². The maximum absolute atomic E-state index is 12.6. The van der Waals surface area contributed by atoms with Crippen LogP contribution < -0.4 is 14.4 Å². The van der Waals surface area contributed by atoms with Crippen LogP contribution in [-0.2, 0) is 19.6 Å². The third-order valence-electron chi connectivity index (χ3n) is 4.04. The van der Waals surface area contributed by atoms with Crippen molar-refractivity contribution in [2.24, 2.45) is 0 Å². The minimum Gasteiger partial charge on any atom is -0.495 e. The molecule has 1 N–H and O–H groups in total. The van der Waals surface area contributed by atoms with E-state index in [1.54, 1.807) is 19.1 Å². The highest BCUT2D eigenvalue weighted by molar-refractivity contribution is 7.92. The Morgan fingerprint density at radius 1 is 1.14 bits per heavy atom. The fourth-order valence-electron chi connectivity index (χ4n) is 2.53. The van der Waals surface area contributed by atoms with Gasteiger partial charge in [-0.25, -0.2) is 13.2 Å². The van der Waals surface area contributed by atoms with Gasteiger partial charge in [0.25, 0.3) is 0 Å². The molecule has 0 aromatic heterocycles. The molecule has 8 nitrogen and oxygen atoms in total. The summed E-state index contributed by atoms with van der Waals surface area (Å²) in [7, 11) is -1.09. The van der Waals surface area contributed by atoms with Gasteiger partial charge in [0.15, 0.2) is 0 Å². The molecule has 29 heavy (non-hydrogen) atoms. The lowest BCUT2D eigenvalue weighted by Gasteiger charge is -2.22. The van der Waals surface area contributed by atoms with Crippen molar-refractivity contribution in [1.82, 2.24) is 0 Å². The van der Waals surface area contributed by atoms with Gasteiger partial charge in [-0.15, -0.1) is 0 Å². The van der Waals surface area contributed by atoms with Gasteiger partial charge in [0.05, 0.1) is 36.7 Å². The third-order valence-corrected chi connectivity index (χ3v) is 5.48. The van der Waals surface area contributed by atoms with Gasteiger partial charge >= 0.3 is 5.97 Å². The van der Waals surface area contributed by atoms with Gasteiger partial charge in [-0.1, -0.05) is 17.7 Å². The highest BCUT2D eigenvalue weighted by Gasteiger charge is 2.22. The zero-order valence-electron chi connectivity index (χ0n) is 16.4. The molecule has 0 aliphatic heterocycles. The van der Waals surface area contributed by atoms with Crippen molar-refractivity contribution < 1.29 is 27.5 Å². The Hall–Kier alpha value is -2.78. The molecule has 0 saturated heterocycles. The van der Waals surface area contributed by atoms with Crippen LogP contribution in [0.15, 0.2) is 36.4 Å². The minimum atomic E-state index is -3.78. The molecule has 156 valence electrons. The normalized spacial score (nSPS) is 10.9. The van der Waals surface area contributed by atoms with E-state index >= 15 is 0 Å². The number of halogens is 1. The van der Waals surface area contributed by atoms with Crippen LogP contribution in [0.2, 0.25) is 5.02 Å². The molecule has 1 amide bonds. The van der Waals surface area contributed by atoms with E-state index in [0.717, 1.165) is 10.6 Å². The molecule has 0 unspecified atom stereocenters. The third kappa shape index (κ3) is 5.61. The number of hydrogen-bond acceptors (Lipinski definition) is 6. The fourth-order valence-corrected chi connectivity index (χ4v) is 3.63. The van der Waals surface area contributed by atoms with E-state index in [0.29, 0.717) is 17.0 Å². The van der Waals surface area contributed by atoms with Crippen molar-refractivity contribution in [3.8, 4) is 5.75 Å². The second kappa shape index (κ2) is 9.15. The van der Waals surface area contributed by atoms with Crippen molar-refractivity contribution in [1.29, 1.82) is 0 Å². The number of carbonyl (C=O) groups excluding carboxylic acids is 2. The number of ether oxygens (including phenoxy) is 2. The zero-order chi connectivity index (χ0) is 21.8. The highest BCUT2D eigenvalue weighted by Crippen LogP contribution is 2.30. The van der Waals surface area contributed by atoms with E-state index in [1.165, 1.54) is 38.5 Å². The number of nitrogens with one attached hydrogen (secondary N) is 1. The number of carbonyl (C=O) groups is 2. The van der Waals surface area contributed by atoms with Crippen LogP contribution in [-0.4, -0.2) is 47.3 Å². The molecule has 2 aromatic rings. The summed E-state index contributed by atoms with van der Waals surface area (Å²) in [5.41, 5.74) is 1.55. The fraction of sp³-hybridized carbons (Fsp3) is 0.263. The smallest absolute Gasteiger partial charge is 0.337 e. The Labute approximate surface area is 174 Å². The number of rotatable bonds is 7. The molecule has 0 aliphatic rings. The average molecular weight is 441 g/mol. The van der Waals surface area contributed by atoms with E-state index in [2.05, 4.69) is 10.1 Å². The predicted molar refractivity (Wildman–Crippen MR) is 111 cm³/mol. The molecular formula is C19H21ClN2O6S.